The molecule has 1 aliphatic rings. The fourth-order valence-electron chi connectivity index (χ4n) is 1.82. The van der Waals surface area contributed by atoms with Crippen molar-refractivity contribution in [2.24, 2.45) is 0 Å². The Hall–Kier alpha value is -1.24. The van der Waals surface area contributed by atoms with Crippen molar-refractivity contribution in [2.45, 2.75) is 16.6 Å². The average Bonchev–Trinajstić information content (AvgIpc) is 2.91. The number of hydrogen-bond donors (Lipinski definition) is 0. The smallest absolute Gasteiger partial charge is 0.266 e. The summed E-state index contributed by atoms with van der Waals surface area (Å²) < 4.78 is 1.56. The van der Waals surface area contributed by atoms with Gasteiger partial charge < -0.3 is 0 Å². The van der Waals surface area contributed by atoms with Crippen LogP contribution in [0.1, 0.15) is 10.4 Å². The van der Waals surface area contributed by atoms with Crippen LogP contribution in [0.3, 0.4) is 0 Å². The highest BCUT2D eigenvalue weighted by Gasteiger charge is 2.20. The van der Waals surface area contributed by atoms with Gasteiger partial charge in [0.2, 0.25) is 5.12 Å². The molecule has 4 nitrogen and oxygen atoms in total. The number of fused-ring (bicyclic) bond motifs is 1. The first-order valence-corrected chi connectivity index (χ1v) is 8.03. The van der Waals surface area contributed by atoms with Crippen LogP contribution in [-0.4, -0.2) is 20.4 Å². The van der Waals surface area contributed by atoms with Gasteiger partial charge in [0.15, 0.2) is 5.16 Å². The lowest BCUT2D eigenvalue weighted by molar-refractivity contribution is 0.108. The van der Waals surface area contributed by atoms with E-state index in [0.29, 0.717) is 16.7 Å². The molecule has 0 saturated heterocycles. The molecule has 0 atom stereocenters. The number of carbonyl (C=O) groups excluding carboxylic acids is 1. The molecule has 1 aromatic carbocycles. The summed E-state index contributed by atoms with van der Waals surface area (Å²) in [5.41, 5.74) is -0.136. The lowest BCUT2D eigenvalue weighted by Crippen LogP contribution is -2.25. The molecule has 0 fully saturated rings. The van der Waals surface area contributed by atoms with Crippen LogP contribution in [0, 0.1) is 0 Å². The van der Waals surface area contributed by atoms with Crippen molar-refractivity contribution in [3.63, 3.8) is 0 Å². The minimum Gasteiger partial charge on any atom is -0.286 e. The Morgan fingerprint density at radius 3 is 2.85 bits per heavy atom. The minimum atomic E-state index is -0.294. The predicted molar refractivity (Wildman–Crippen MR) is 80.9 cm³/mol. The standard InChI is InChI=1S/C13H9ClN2O2S2/c14-8-1-3-9(4-2-8)20-12(18)10-7-15-13-16(11(10)17)5-6-19-13/h1-4,7H,5-6H2. The molecule has 7 heteroatoms. The Morgan fingerprint density at radius 2 is 2.10 bits per heavy atom. The van der Waals surface area contributed by atoms with Crippen LogP contribution in [0.5, 0.6) is 0 Å². The molecule has 1 aromatic heterocycles. The summed E-state index contributed by atoms with van der Waals surface area (Å²) in [5, 5.41) is 0.998. The zero-order valence-corrected chi connectivity index (χ0v) is 12.6. The molecule has 0 radical (unpaired) electrons. The van der Waals surface area contributed by atoms with E-state index in [1.807, 2.05) is 0 Å². The van der Waals surface area contributed by atoms with E-state index in [-0.39, 0.29) is 16.2 Å². The van der Waals surface area contributed by atoms with Crippen molar-refractivity contribution in [1.82, 2.24) is 9.55 Å². The summed E-state index contributed by atoms with van der Waals surface area (Å²) in [7, 11) is 0. The highest BCUT2D eigenvalue weighted by molar-refractivity contribution is 8.14. The monoisotopic (exact) mass is 324 g/mol. The van der Waals surface area contributed by atoms with Crippen LogP contribution >= 0.6 is 35.1 Å². The summed E-state index contributed by atoms with van der Waals surface area (Å²) in [6.45, 7) is 0.610. The lowest BCUT2D eigenvalue weighted by Gasteiger charge is -2.04. The second-order valence-electron chi connectivity index (χ2n) is 4.10. The molecule has 0 unspecified atom stereocenters. The molecule has 3 rings (SSSR count). The van der Waals surface area contributed by atoms with E-state index < -0.39 is 0 Å². The number of hydrogen-bond acceptors (Lipinski definition) is 5. The third kappa shape index (κ3) is 2.63. The van der Waals surface area contributed by atoms with Gasteiger partial charge in [-0.05, 0) is 36.0 Å². The summed E-state index contributed by atoms with van der Waals surface area (Å²) in [4.78, 5) is 29.3. The normalized spacial score (nSPS) is 13.2. The van der Waals surface area contributed by atoms with E-state index in [2.05, 4.69) is 4.98 Å². The summed E-state index contributed by atoms with van der Waals surface area (Å²) in [6, 6.07) is 6.92. The minimum absolute atomic E-state index is 0.121. The molecule has 1 aliphatic heterocycles. The van der Waals surface area contributed by atoms with Gasteiger partial charge in [0.05, 0.1) is 0 Å². The van der Waals surface area contributed by atoms with E-state index in [4.69, 9.17) is 11.6 Å². The molecule has 102 valence electrons. The van der Waals surface area contributed by atoms with Crippen molar-refractivity contribution in [3.05, 3.63) is 51.4 Å². The number of aromatic nitrogens is 2. The van der Waals surface area contributed by atoms with E-state index in [9.17, 15) is 9.59 Å². The second kappa shape index (κ2) is 5.63. The topological polar surface area (TPSA) is 52.0 Å². The van der Waals surface area contributed by atoms with Crippen molar-refractivity contribution >= 4 is 40.2 Å². The SMILES string of the molecule is O=C(Sc1ccc(Cl)cc1)c1cnc2n(c1=O)CCS2. The number of rotatable bonds is 2. The van der Waals surface area contributed by atoms with Crippen LogP contribution in [-0.2, 0) is 6.54 Å². The Bertz CT molecular complexity index is 728. The molecule has 2 aromatic rings. The lowest BCUT2D eigenvalue weighted by atomic mass is 10.3. The fraction of sp³-hybridized carbons (Fsp3) is 0.154. The third-order valence-corrected chi connectivity index (χ3v) is 4.94. The Labute approximate surface area is 128 Å². The molecular formula is C13H9ClN2O2S2. The first-order chi connectivity index (χ1) is 9.65. The van der Waals surface area contributed by atoms with Crippen LogP contribution < -0.4 is 5.56 Å². The average molecular weight is 325 g/mol. The predicted octanol–water partition coefficient (Wildman–Crippen LogP) is 2.93. The van der Waals surface area contributed by atoms with Crippen molar-refractivity contribution in [1.29, 1.82) is 0 Å². The maximum absolute atomic E-state index is 12.2. The van der Waals surface area contributed by atoms with Gasteiger partial charge in [-0.3, -0.25) is 14.2 Å². The van der Waals surface area contributed by atoms with Gasteiger partial charge in [-0.1, -0.05) is 23.4 Å². The number of benzene rings is 1. The van der Waals surface area contributed by atoms with Gasteiger partial charge in [0.25, 0.3) is 5.56 Å². The number of thioether (sulfide) groups is 2. The molecule has 0 spiro atoms. The number of nitrogens with zero attached hydrogens (tertiary/aromatic N) is 2. The molecule has 0 amide bonds. The first kappa shape index (κ1) is 13.7. The third-order valence-electron chi connectivity index (χ3n) is 2.80. The van der Waals surface area contributed by atoms with Crippen LogP contribution in [0.4, 0.5) is 0 Å². The second-order valence-corrected chi connectivity index (χ2v) is 6.65. The molecule has 2 heterocycles. The molecular weight excluding hydrogens is 316 g/mol. The maximum atomic E-state index is 12.2. The largest absolute Gasteiger partial charge is 0.286 e. The molecule has 0 aliphatic carbocycles. The van der Waals surface area contributed by atoms with Crippen LogP contribution in [0.15, 0.2) is 45.3 Å². The molecule has 0 saturated carbocycles. The van der Waals surface area contributed by atoms with Gasteiger partial charge >= 0.3 is 0 Å². The van der Waals surface area contributed by atoms with Gasteiger partial charge in [0, 0.05) is 28.4 Å². The quantitative estimate of drug-likeness (QED) is 0.628. The molecule has 0 bridgehead atoms. The summed E-state index contributed by atoms with van der Waals surface area (Å²) >= 11 is 8.33. The van der Waals surface area contributed by atoms with Crippen molar-refractivity contribution < 1.29 is 4.79 Å². The van der Waals surface area contributed by atoms with Crippen molar-refractivity contribution in [3.8, 4) is 0 Å². The maximum Gasteiger partial charge on any atom is 0.266 e. The highest BCUT2D eigenvalue weighted by Crippen LogP contribution is 2.25. The molecule has 0 N–H and O–H groups in total. The van der Waals surface area contributed by atoms with E-state index in [1.54, 1.807) is 28.8 Å². The Kier molecular flexibility index (Phi) is 3.87. The number of carbonyl (C=O) groups is 1. The Balaban J connectivity index is 1.88. The highest BCUT2D eigenvalue weighted by atomic mass is 35.5. The van der Waals surface area contributed by atoms with Gasteiger partial charge in [0.1, 0.15) is 5.56 Å². The Morgan fingerprint density at radius 1 is 1.35 bits per heavy atom. The van der Waals surface area contributed by atoms with Gasteiger partial charge in [-0.25, -0.2) is 4.98 Å². The number of halogens is 1. The summed E-state index contributed by atoms with van der Waals surface area (Å²) in [6.07, 6.45) is 1.37. The van der Waals surface area contributed by atoms with E-state index in [0.717, 1.165) is 22.4 Å². The van der Waals surface area contributed by atoms with Crippen LogP contribution in [0.2, 0.25) is 5.02 Å². The van der Waals surface area contributed by atoms with E-state index in [1.165, 1.54) is 18.0 Å². The molecule has 20 heavy (non-hydrogen) atoms. The van der Waals surface area contributed by atoms with Gasteiger partial charge in [-0.15, -0.1) is 0 Å². The van der Waals surface area contributed by atoms with Crippen molar-refractivity contribution in [2.75, 3.05) is 5.75 Å². The fourth-order valence-corrected chi connectivity index (χ4v) is 3.60. The van der Waals surface area contributed by atoms with Crippen LogP contribution in [0.25, 0.3) is 0 Å². The first-order valence-electron chi connectivity index (χ1n) is 5.85. The zero-order valence-electron chi connectivity index (χ0n) is 10.2. The van der Waals surface area contributed by atoms with E-state index >= 15 is 0 Å². The van der Waals surface area contributed by atoms with Gasteiger partial charge in [-0.2, -0.15) is 0 Å². The zero-order chi connectivity index (χ0) is 14.1. The summed E-state index contributed by atoms with van der Waals surface area (Å²) in [5.74, 6) is 0.824.